The normalized spacial score (nSPS) is 10.3. The number of ether oxygens (including phenoxy) is 1. The first kappa shape index (κ1) is 10.5. The van der Waals surface area contributed by atoms with Crippen LogP contribution < -0.4 is 5.73 Å². The molecule has 0 aliphatic heterocycles. The van der Waals surface area contributed by atoms with E-state index in [1.165, 1.54) is 7.11 Å². The second kappa shape index (κ2) is 4.09. The number of esters is 1. The molecule has 0 aliphatic carbocycles. The molecule has 2 N–H and O–H groups in total. The molecule has 0 fully saturated rings. The van der Waals surface area contributed by atoms with Gasteiger partial charge in [0, 0.05) is 6.20 Å². The summed E-state index contributed by atoms with van der Waals surface area (Å²) in [5.74, 6) is 0.0109. The van der Waals surface area contributed by atoms with Gasteiger partial charge in [0.2, 0.25) is 0 Å². The van der Waals surface area contributed by atoms with Crippen LogP contribution in [0.3, 0.4) is 0 Å². The highest BCUT2D eigenvalue weighted by Crippen LogP contribution is 2.23. The first-order valence-electron chi connectivity index (χ1n) is 4.40. The van der Waals surface area contributed by atoms with Gasteiger partial charge < -0.3 is 10.5 Å². The van der Waals surface area contributed by atoms with E-state index in [1.54, 1.807) is 12.3 Å². The smallest absolute Gasteiger partial charge is 0.341 e. The van der Waals surface area contributed by atoms with Crippen molar-refractivity contribution in [3.63, 3.8) is 0 Å². The Kier molecular flexibility index (Phi) is 3.06. The lowest BCUT2D eigenvalue weighted by atomic mass is 9.98. The standard InChI is InChI=1S/C10H14N2O2/c1-6(2)7-4-5-12-9(11)8(7)10(13)14-3/h4-6H,1-3H3,(H2,11,12). The molecule has 0 saturated carbocycles. The maximum absolute atomic E-state index is 11.4. The minimum Gasteiger partial charge on any atom is -0.465 e. The predicted molar refractivity (Wildman–Crippen MR) is 54.1 cm³/mol. The van der Waals surface area contributed by atoms with Crippen LogP contribution in [0.5, 0.6) is 0 Å². The highest BCUT2D eigenvalue weighted by molar-refractivity contribution is 5.95. The molecule has 4 heteroatoms. The summed E-state index contributed by atoms with van der Waals surface area (Å²) in [7, 11) is 1.33. The van der Waals surface area contributed by atoms with Crippen molar-refractivity contribution >= 4 is 11.8 Å². The molecule has 0 aliphatic rings. The molecular formula is C10H14N2O2. The second-order valence-electron chi connectivity index (χ2n) is 3.31. The Hall–Kier alpha value is -1.58. The fourth-order valence-electron chi connectivity index (χ4n) is 1.30. The zero-order valence-electron chi connectivity index (χ0n) is 8.57. The number of nitrogens with zero attached hydrogens (tertiary/aromatic N) is 1. The van der Waals surface area contributed by atoms with E-state index in [0.717, 1.165) is 5.56 Å². The average Bonchev–Trinajstić information content (AvgIpc) is 2.16. The van der Waals surface area contributed by atoms with E-state index in [1.807, 2.05) is 13.8 Å². The summed E-state index contributed by atoms with van der Waals surface area (Å²) >= 11 is 0. The van der Waals surface area contributed by atoms with Gasteiger partial charge in [-0.25, -0.2) is 9.78 Å². The van der Waals surface area contributed by atoms with Crippen molar-refractivity contribution in [2.45, 2.75) is 19.8 Å². The monoisotopic (exact) mass is 194 g/mol. The molecule has 1 heterocycles. The van der Waals surface area contributed by atoms with Crippen LogP contribution in [0, 0.1) is 0 Å². The van der Waals surface area contributed by atoms with Crippen LogP contribution in [-0.2, 0) is 4.74 Å². The number of aromatic nitrogens is 1. The highest BCUT2D eigenvalue weighted by Gasteiger charge is 2.17. The maximum Gasteiger partial charge on any atom is 0.341 e. The number of carbonyl (C=O) groups excluding carboxylic acids is 1. The Morgan fingerprint density at radius 2 is 2.21 bits per heavy atom. The van der Waals surface area contributed by atoms with Gasteiger partial charge in [0.25, 0.3) is 0 Å². The van der Waals surface area contributed by atoms with E-state index in [2.05, 4.69) is 9.72 Å². The quantitative estimate of drug-likeness (QED) is 0.726. The topological polar surface area (TPSA) is 65.2 Å². The van der Waals surface area contributed by atoms with Crippen molar-refractivity contribution in [3.05, 3.63) is 23.4 Å². The van der Waals surface area contributed by atoms with Gasteiger partial charge in [0.05, 0.1) is 7.11 Å². The third-order valence-corrected chi connectivity index (χ3v) is 2.02. The number of nitrogen functional groups attached to an aromatic ring is 1. The molecule has 1 aromatic rings. The van der Waals surface area contributed by atoms with Crippen LogP contribution in [0.2, 0.25) is 0 Å². The SMILES string of the molecule is COC(=O)c1c(C(C)C)ccnc1N. The number of nitrogens with two attached hydrogens (primary N) is 1. The molecular weight excluding hydrogens is 180 g/mol. The van der Waals surface area contributed by atoms with Gasteiger partial charge >= 0.3 is 5.97 Å². The Labute approximate surface area is 83.1 Å². The third-order valence-electron chi connectivity index (χ3n) is 2.02. The second-order valence-corrected chi connectivity index (χ2v) is 3.31. The van der Waals surface area contributed by atoms with Crippen molar-refractivity contribution in [1.82, 2.24) is 4.98 Å². The molecule has 0 bridgehead atoms. The van der Waals surface area contributed by atoms with Gasteiger partial charge in [-0.05, 0) is 17.5 Å². The Morgan fingerprint density at radius 1 is 1.57 bits per heavy atom. The van der Waals surface area contributed by atoms with Gasteiger partial charge in [-0.2, -0.15) is 0 Å². The number of rotatable bonds is 2. The summed E-state index contributed by atoms with van der Waals surface area (Å²) in [6, 6.07) is 1.78. The zero-order chi connectivity index (χ0) is 10.7. The number of carbonyl (C=O) groups is 1. The number of methoxy groups -OCH3 is 1. The molecule has 0 atom stereocenters. The van der Waals surface area contributed by atoms with Crippen molar-refractivity contribution in [1.29, 1.82) is 0 Å². The molecule has 1 aromatic heterocycles. The Bertz CT molecular complexity index is 348. The predicted octanol–water partition coefficient (Wildman–Crippen LogP) is 1.57. The molecule has 0 radical (unpaired) electrons. The summed E-state index contributed by atoms with van der Waals surface area (Å²) in [5, 5.41) is 0. The van der Waals surface area contributed by atoms with Gasteiger partial charge in [0.1, 0.15) is 11.4 Å². The molecule has 14 heavy (non-hydrogen) atoms. The Morgan fingerprint density at radius 3 is 2.71 bits per heavy atom. The Balaban J connectivity index is 3.29. The third kappa shape index (κ3) is 1.84. The molecule has 0 saturated heterocycles. The summed E-state index contributed by atoms with van der Waals surface area (Å²) in [4.78, 5) is 15.3. The van der Waals surface area contributed by atoms with Gasteiger partial charge in [-0.15, -0.1) is 0 Å². The van der Waals surface area contributed by atoms with Crippen LogP contribution in [0.25, 0.3) is 0 Å². The van der Waals surface area contributed by atoms with Gasteiger partial charge in [-0.3, -0.25) is 0 Å². The minimum absolute atomic E-state index is 0.217. The molecule has 4 nitrogen and oxygen atoms in total. The van der Waals surface area contributed by atoms with E-state index in [9.17, 15) is 4.79 Å². The first-order chi connectivity index (χ1) is 6.57. The maximum atomic E-state index is 11.4. The summed E-state index contributed by atoms with van der Waals surface area (Å²) in [6.45, 7) is 3.97. The lowest BCUT2D eigenvalue weighted by molar-refractivity contribution is 0.0600. The van der Waals surface area contributed by atoms with E-state index < -0.39 is 5.97 Å². The summed E-state index contributed by atoms with van der Waals surface area (Å²) in [5.41, 5.74) is 6.87. The molecule has 0 aromatic carbocycles. The molecule has 0 amide bonds. The molecule has 1 rings (SSSR count). The van der Waals surface area contributed by atoms with Crippen LogP contribution in [0.4, 0.5) is 5.82 Å². The minimum atomic E-state index is -0.431. The van der Waals surface area contributed by atoms with Crippen LogP contribution in [-0.4, -0.2) is 18.1 Å². The van der Waals surface area contributed by atoms with E-state index in [4.69, 9.17) is 5.73 Å². The van der Waals surface area contributed by atoms with E-state index in [0.29, 0.717) is 5.56 Å². The van der Waals surface area contributed by atoms with Crippen LogP contribution >= 0.6 is 0 Å². The highest BCUT2D eigenvalue weighted by atomic mass is 16.5. The number of hydrogen-bond donors (Lipinski definition) is 1. The fourth-order valence-corrected chi connectivity index (χ4v) is 1.30. The molecule has 0 spiro atoms. The zero-order valence-corrected chi connectivity index (χ0v) is 8.57. The summed E-state index contributed by atoms with van der Waals surface area (Å²) in [6.07, 6.45) is 1.59. The number of hydrogen-bond acceptors (Lipinski definition) is 4. The van der Waals surface area contributed by atoms with Crippen LogP contribution in [0.1, 0.15) is 35.7 Å². The largest absolute Gasteiger partial charge is 0.465 e. The lowest BCUT2D eigenvalue weighted by Gasteiger charge is -2.11. The number of pyridine rings is 1. The number of anilines is 1. The van der Waals surface area contributed by atoms with E-state index >= 15 is 0 Å². The van der Waals surface area contributed by atoms with Crippen molar-refractivity contribution < 1.29 is 9.53 Å². The lowest BCUT2D eigenvalue weighted by Crippen LogP contribution is -2.11. The first-order valence-corrected chi connectivity index (χ1v) is 4.40. The van der Waals surface area contributed by atoms with Crippen molar-refractivity contribution in [2.75, 3.05) is 12.8 Å². The van der Waals surface area contributed by atoms with Crippen LogP contribution in [0.15, 0.2) is 12.3 Å². The van der Waals surface area contributed by atoms with Crippen molar-refractivity contribution in [3.8, 4) is 0 Å². The fraction of sp³-hybridized carbons (Fsp3) is 0.400. The average molecular weight is 194 g/mol. The van der Waals surface area contributed by atoms with Gasteiger partial charge in [0.15, 0.2) is 0 Å². The summed E-state index contributed by atoms with van der Waals surface area (Å²) < 4.78 is 4.65. The van der Waals surface area contributed by atoms with Gasteiger partial charge in [-0.1, -0.05) is 13.8 Å². The molecule has 76 valence electrons. The van der Waals surface area contributed by atoms with E-state index in [-0.39, 0.29) is 11.7 Å². The molecule has 0 unspecified atom stereocenters. The van der Waals surface area contributed by atoms with Crippen molar-refractivity contribution in [2.24, 2.45) is 0 Å².